The first kappa shape index (κ1) is 21.5. The number of rotatable bonds is 3. The summed E-state index contributed by atoms with van der Waals surface area (Å²) in [5.74, 6) is -0.724. The second-order valence-electron chi connectivity index (χ2n) is 11.0. The van der Waals surface area contributed by atoms with E-state index in [0.29, 0.717) is 22.4 Å². The molecule has 12 atom stereocenters. The largest absolute Gasteiger partial charge is 0.498 e. The standard InChI is InChI=1S/C27H27NO8/c1-10-14-15-16(20(30)23-22(36-23)19(15)29)26(34-10)27-13(9-32-11(2)17(14)27)18(21-24(35-21)25(27)31)28-33-8-12-6-4-3-5-7-12/h3-7,9-11,14,17,20-26,30-31H,8H2,1-2H3/b28-18+/t10-,11+,14-,17-,20-,21+,22-,23+,24+,25+,26+,27?/m0/s1. The number of oxime groups is 1. The summed E-state index contributed by atoms with van der Waals surface area (Å²) >= 11 is 0. The smallest absolute Gasteiger partial charge is 0.190 e. The molecule has 1 aromatic carbocycles. The minimum Gasteiger partial charge on any atom is -0.498 e. The Morgan fingerprint density at radius 3 is 2.61 bits per heavy atom. The highest BCUT2D eigenvalue weighted by atomic mass is 16.6. The summed E-state index contributed by atoms with van der Waals surface area (Å²) in [4.78, 5) is 19.1. The maximum Gasteiger partial charge on any atom is 0.190 e. The number of epoxide rings is 2. The van der Waals surface area contributed by atoms with Crippen LogP contribution in [0.1, 0.15) is 19.4 Å². The molecule has 1 unspecified atom stereocenters. The molecule has 1 saturated carbocycles. The van der Waals surface area contributed by atoms with Gasteiger partial charge >= 0.3 is 0 Å². The fourth-order valence-corrected chi connectivity index (χ4v) is 7.80. The molecule has 9 heteroatoms. The highest BCUT2D eigenvalue weighted by Gasteiger charge is 2.78. The van der Waals surface area contributed by atoms with E-state index in [-0.39, 0.29) is 36.4 Å². The number of hydrogen-bond acceptors (Lipinski definition) is 9. The summed E-state index contributed by atoms with van der Waals surface area (Å²) in [5.41, 5.74) is 2.36. The summed E-state index contributed by atoms with van der Waals surface area (Å²) in [6.45, 7) is 4.19. The Kier molecular flexibility index (Phi) is 4.21. The van der Waals surface area contributed by atoms with Crippen molar-refractivity contribution in [2.45, 2.75) is 75.4 Å². The number of fused-ring (bicyclic) bond motifs is 3. The maximum absolute atomic E-state index is 13.4. The Morgan fingerprint density at radius 2 is 1.81 bits per heavy atom. The molecule has 2 bridgehead atoms. The minimum atomic E-state index is -0.997. The molecule has 5 aliphatic heterocycles. The van der Waals surface area contributed by atoms with Gasteiger partial charge in [-0.05, 0) is 25.0 Å². The number of ketones is 1. The molecule has 3 saturated heterocycles. The van der Waals surface area contributed by atoms with Crippen LogP contribution in [0, 0.1) is 17.3 Å². The van der Waals surface area contributed by atoms with E-state index in [1.165, 1.54) is 0 Å². The van der Waals surface area contributed by atoms with Crippen molar-refractivity contribution in [1.82, 2.24) is 0 Å². The Morgan fingerprint density at radius 1 is 1.03 bits per heavy atom. The predicted molar refractivity (Wildman–Crippen MR) is 122 cm³/mol. The van der Waals surface area contributed by atoms with Gasteiger partial charge in [0.15, 0.2) is 5.78 Å². The number of carbonyl (C=O) groups excluding carboxylic acids is 1. The molecule has 4 fully saturated rings. The van der Waals surface area contributed by atoms with E-state index in [0.717, 1.165) is 5.56 Å². The third-order valence-corrected chi connectivity index (χ3v) is 9.32. The summed E-state index contributed by atoms with van der Waals surface area (Å²) in [6.07, 6.45) is -3.60. The average Bonchev–Trinajstić information content (AvgIpc) is 3.79. The van der Waals surface area contributed by atoms with Gasteiger partial charge in [-0.25, -0.2) is 0 Å². The van der Waals surface area contributed by atoms with Gasteiger partial charge in [-0.3, -0.25) is 4.79 Å². The van der Waals surface area contributed by atoms with Crippen molar-refractivity contribution in [2.75, 3.05) is 0 Å². The molecule has 8 aliphatic rings. The molecule has 188 valence electrons. The quantitative estimate of drug-likeness (QED) is 0.473. The van der Waals surface area contributed by atoms with Gasteiger partial charge in [-0.2, -0.15) is 0 Å². The Hall–Kier alpha value is -2.56. The molecule has 0 radical (unpaired) electrons. The third-order valence-electron chi connectivity index (χ3n) is 9.32. The first-order valence-electron chi connectivity index (χ1n) is 12.7. The van der Waals surface area contributed by atoms with Crippen molar-refractivity contribution in [2.24, 2.45) is 22.4 Å². The van der Waals surface area contributed by atoms with Gasteiger partial charge in [0.05, 0.1) is 36.1 Å². The van der Waals surface area contributed by atoms with Crippen LogP contribution in [0.2, 0.25) is 0 Å². The lowest BCUT2D eigenvalue weighted by Crippen LogP contribution is -2.73. The molecule has 9 rings (SSSR count). The van der Waals surface area contributed by atoms with E-state index >= 15 is 0 Å². The van der Waals surface area contributed by atoms with Crippen molar-refractivity contribution in [3.8, 4) is 0 Å². The van der Waals surface area contributed by atoms with Crippen LogP contribution in [0.25, 0.3) is 0 Å². The minimum absolute atomic E-state index is 0.0745. The van der Waals surface area contributed by atoms with E-state index in [9.17, 15) is 15.0 Å². The number of aliphatic hydroxyl groups is 2. The van der Waals surface area contributed by atoms with Gasteiger partial charge in [0.2, 0.25) is 0 Å². The number of Topliss-reactive ketones (excluding diaryl/α,β-unsaturated/α-hetero) is 1. The van der Waals surface area contributed by atoms with E-state index in [4.69, 9.17) is 23.8 Å². The monoisotopic (exact) mass is 493 g/mol. The average molecular weight is 494 g/mol. The van der Waals surface area contributed by atoms with Crippen LogP contribution < -0.4 is 0 Å². The second kappa shape index (κ2) is 7.05. The lowest BCUT2D eigenvalue weighted by atomic mass is 9.45. The van der Waals surface area contributed by atoms with Gasteiger partial charge in [-0.15, -0.1) is 0 Å². The van der Waals surface area contributed by atoms with Crippen LogP contribution in [0.15, 0.2) is 58.5 Å². The van der Waals surface area contributed by atoms with Gasteiger partial charge in [0.25, 0.3) is 0 Å². The molecule has 0 aromatic heterocycles. The number of hydrogen-bond donors (Lipinski definition) is 2. The first-order chi connectivity index (χ1) is 17.4. The number of carbonyl (C=O) groups is 1. The molecular weight excluding hydrogens is 466 g/mol. The fourth-order valence-electron chi connectivity index (χ4n) is 7.80. The summed E-state index contributed by atoms with van der Waals surface area (Å²) in [6, 6.07) is 9.74. The topological polar surface area (TPSA) is 123 Å². The van der Waals surface area contributed by atoms with Crippen LogP contribution in [-0.4, -0.2) is 76.6 Å². The highest BCUT2D eigenvalue weighted by Crippen LogP contribution is 2.68. The maximum atomic E-state index is 13.4. The van der Waals surface area contributed by atoms with E-state index in [2.05, 4.69) is 5.16 Å². The molecular formula is C27H27NO8. The predicted octanol–water partition coefficient (Wildman–Crippen LogP) is 1.03. The Bertz CT molecular complexity index is 1260. The zero-order valence-corrected chi connectivity index (χ0v) is 19.8. The zero-order chi connectivity index (χ0) is 24.5. The van der Waals surface area contributed by atoms with Crippen LogP contribution in [0.4, 0.5) is 0 Å². The number of ether oxygens (including phenoxy) is 4. The van der Waals surface area contributed by atoms with E-state index < -0.39 is 48.1 Å². The summed E-state index contributed by atoms with van der Waals surface area (Å²) in [7, 11) is 0. The molecule has 2 N–H and O–H groups in total. The lowest BCUT2D eigenvalue weighted by molar-refractivity contribution is -0.233. The summed E-state index contributed by atoms with van der Waals surface area (Å²) < 4.78 is 24.2. The molecule has 3 aliphatic carbocycles. The second-order valence-corrected chi connectivity index (χ2v) is 11.0. The van der Waals surface area contributed by atoms with Crippen LogP contribution in [0.5, 0.6) is 0 Å². The van der Waals surface area contributed by atoms with Gasteiger partial charge in [0.1, 0.15) is 42.8 Å². The highest BCUT2D eigenvalue weighted by molar-refractivity contribution is 6.09. The molecule has 0 amide bonds. The van der Waals surface area contributed by atoms with E-state index in [1.807, 2.05) is 44.2 Å². The van der Waals surface area contributed by atoms with Gasteiger partial charge in [0, 0.05) is 23.0 Å². The molecule has 36 heavy (non-hydrogen) atoms. The number of benzene rings is 1. The zero-order valence-electron chi connectivity index (χ0n) is 19.8. The van der Waals surface area contributed by atoms with Crippen molar-refractivity contribution in [3.05, 3.63) is 58.9 Å². The Balaban J connectivity index is 1.26. The van der Waals surface area contributed by atoms with Crippen molar-refractivity contribution >= 4 is 11.5 Å². The normalized spacial score (nSPS) is 50.2. The van der Waals surface area contributed by atoms with Crippen molar-refractivity contribution < 1.29 is 38.8 Å². The van der Waals surface area contributed by atoms with Crippen LogP contribution in [0.3, 0.4) is 0 Å². The number of nitrogens with zero attached hydrogens (tertiary/aromatic N) is 1. The SMILES string of the molecule is C[C@@H]1O[C@@H]2C3=C(C(=O)[C@@H]4O[C@@H]4[C@H]3O)[C@H]1[C@@H]1[C@@H](C)OC=C3/C(=N\OCc4ccccc4)[C@H]4O[C@H]4[C@@H](O)C312. The first-order valence-corrected chi connectivity index (χ1v) is 12.7. The fraction of sp³-hybridized carbons (Fsp3) is 0.556. The third kappa shape index (κ3) is 2.48. The number of aliphatic hydroxyl groups excluding tert-OH is 2. The lowest BCUT2D eigenvalue weighted by Gasteiger charge is -2.65. The van der Waals surface area contributed by atoms with Gasteiger partial charge in [-0.1, -0.05) is 35.5 Å². The molecule has 9 nitrogen and oxygen atoms in total. The molecule has 1 spiro atoms. The van der Waals surface area contributed by atoms with Crippen molar-refractivity contribution in [3.63, 3.8) is 0 Å². The van der Waals surface area contributed by atoms with Gasteiger partial charge < -0.3 is 34.0 Å². The molecule has 1 aromatic rings. The Labute approximate surface area is 207 Å². The summed E-state index contributed by atoms with van der Waals surface area (Å²) in [5, 5.41) is 27.6. The molecule has 5 heterocycles. The van der Waals surface area contributed by atoms with E-state index in [1.54, 1.807) is 6.26 Å². The van der Waals surface area contributed by atoms with Crippen molar-refractivity contribution in [1.29, 1.82) is 0 Å². The van der Waals surface area contributed by atoms with Crippen LogP contribution in [-0.2, 0) is 35.2 Å². The van der Waals surface area contributed by atoms with Crippen LogP contribution >= 0.6 is 0 Å².